The van der Waals surface area contributed by atoms with Crippen LogP contribution in [0.1, 0.15) is 35.3 Å². The van der Waals surface area contributed by atoms with Crippen molar-refractivity contribution in [1.29, 1.82) is 0 Å². The zero-order valence-corrected chi connectivity index (χ0v) is 20.8. The fourth-order valence-corrected chi connectivity index (χ4v) is 4.69. The molecular weight excluding hydrogens is 474 g/mol. The first kappa shape index (κ1) is 23.4. The van der Waals surface area contributed by atoms with Crippen LogP contribution in [0.5, 0.6) is 5.75 Å². The van der Waals surface area contributed by atoms with Crippen LogP contribution in [0, 0.1) is 6.92 Å². The fraction of sp³-hybridized carbons (Fsp3) is 0.143. The normalized spacial score (nSPS) is 11.6. The van der Waals surface area contributed by atoms with Gasteiger partial charge < -0.3 is 9.15 Å². The van der Waals surface area contributed by atoms with Crippen molar-refractivity contribution >= 4 is 49.8 Å². The number of amides is 1. The summed E-state index contributed by atoms with van der Waals surface area (Å²) >= 11 is 1.35. The monoisotopic (exact) mass is 497 g/mol. The SMILES string of the molecule is Cc1ccc2nc(N(/N=C/c3coc4ccccc4c3=O)C(=O)c3ccc(OC(C)C)cc3)sc2c1. The first-order valence-corrected chi connectivity index (χ1v) is 12.2. The van der Waals surface area contributed by atoms with Crippen molar-refractivity contribution in [3.63, 3.8) is 0 Å². The number of thiazole rings is 1. The Hall–Kier alpha value is -4.30. The predicted molar refractivity (Wildman–Crippen MR) is 143 cm³/mol. The number of hydrogen-bond acceptors (Lipinski definition) is 7. The van der Waals surface area contributed by atoms with Crippen molar-refractivity contribution in [3.05, 3.63) is 99.9 Å². The van der Waals surface area contributed by atoms with Crippen molar-refractivity contribution in [1.82, 2.24) is 4.98 Å². The van der Waals surface area contributed by atoms with Crippen LogP contribution < -0.4 is 15.2 Å². The first-order chi connectivity index (χ1) is 17.4. The number of para-hydroxylation sites is 1. The van der Waals surface area contributed by atoms with Gasteiger partial charge in [-0.3, -0.25) is 9.59 Å². The second-order valence-corrected chi connectivity index (χ2v) is 9.55. The fourth-order valence-electron chi connectivity index (χ4n) is 3.67. The molecule has 7 nitrogen and oxygen atoms in total. The Morgan fingerprint density at radius 3 is 2.67 bits per heavy atom. The van der Waals surface area contributed by atoms with E-state index in [0.717, 1.165) is 15.8 Å². The highest BCUT2D eigenvalue weighted by atomic mass is 32.1. The van der Waals surface area contributed by atoms with Crippen molar-refractivity contribution in [3.8, 4) is 5.75 Å². The van der Waals surface area contributed by atoms with Gasteiger partial charge in [0.15, 0.2) is 0 Å². The van der Waals surface area contributed by atoms with Crippen LogP contribution in [0.2, 0.25) is 0 Å². The summed E-state index contributed by atoms with van der Waals surface area (Å²) in [6.45, 7) is 5.88. The molecule has 2 heterocycles. The summed E-state index contributed by atoms with van der Waals surface area (Å²) in [5.41, 5.74) is 2.74. The summed E-state index contributed by atoms with van der Waals surface area (Å²) in [6.07, 6.45) is 2.70. The van der Waals surface area contributed by atoms with Crippen LogP contribution in [0.15, 0.2) is 87.3 Å². The molecule has 0 bridgehead atoms. The number of aromatic nitrogens is 1. The van der Waals surface area contributed by atoms with Gasteiger partial charge >= 0.3 is 0 Å². The van der Waals surface area contributed by atoms with Gasteiger partial charge in [-0.2, -0.15) is 10.1 Å². The van der Waals surface area contributed by atoms with Gasteiger partial charge in [-0.15, -0.1) is 0 Å². The Bertz CT molecular complexity index is 1650. The molecule has 0 aliphatic carbocycles. The van der Waals surface area contributed by atoms with Gasteiger partial charge in [-0.05, 0) is 74.9 Å². The number of fused-ring (bicyclic) bond motifs is 2. The molecule has 2 aromatic heterocycles. The van der Waals surface area contributed by atoms with Crippen LogP contribution in [-0.2, 0) is 0 Å². The standard InChI is InChI=1S/C28H23N3O4S/c1-17(2)35-21-11-9-19(10-12-21)27(33)31(28-30-23-13-8-18(3)14-25(23)36-28)29-15-20-16-34-24-7-5-4-6-22(24)26(20)32/h4-17H,1-3H3/b29-15+. The minimum absolute atomic E-state index is 0.0208. The van der Waals surface area contributed by atoms with Gasteiger partial charge in [0, 0.05) is 5.56 Å². The molecule has 36 heavy (non-hydrogen) atoms. The molecule has 3 aromatic carbocycles. The number of nitrogens with zero attached hydrogens (tertiary/aromatic N) is 3. The Labute approximate surface area is 211 Å². The van der Waals surface area contributed by atoms with E-state index in [4.69, 9.17) is 9.15 Å². The van der Waals surface area contributed by atoms with Crippen molar-refractivity contribution in [2.75, 3.05) is 5.01 Å². The van der Waals surface area contributed by atoms with E-state index in [9.17, 15) is 9.59 Å². The second kappa shape index (κ2) is 9.75. The number of benzene rings is 3. The molecule has 5 rings (SSSR count). The number of ether oxygens (including phenoxy) is 1. The number of hydrazone groups is 1. The molecule has 0 aliphatic rings. The minimum atomic E-state index is -0.386. The summed E-state index contributed by atoms with van der Waals surface area (Å²) in [5.74, 6) is 0.282. The number of carbonyl (C=O) groups excluding carboxylic acids is 1. The smallest absolute Gasteiger partial charge is 0.280 e. The zero-order valence-electron chi connectivity index (χ0n) is 20.0. The maximum atomic E-state index is 13.6. The number of rotatable bonds is 6. The summed E-state index contributed by atoms with van der Waals surface area (Å²) in [4.78, 5) is 31.1. The molecule has 0 spiro atoms. The average molecular weight is 498 g/mol. The van der Waals surface area contributed by atoms with Crippen molar-refractivity contribution < 1.29 is 13.9 Å². The van der Waals surface area contributed by atoms with E-state index >= 15 is 0 Å². The topological polar surface area (TPSA) is 85.0 Å². The van der Waals surface area contributed by atoms with Crippen LogP contribution in [-0.4, -0.2) is 23.2 Å². The molecule has 0 atom stereocenters. The molecule has 0 unspecified atom stereocenters. The third kappa shape index (κ3) is 4.76. The van der Waals surface area contributed by atoms with Gasteiger partial charge in [0.1, 0.15) is 17.6 Å². The Balaban J connectivity index is 1.55. The van der Waals surface area contributed by atoms with Gasteiger partial charge in [0.05, 0.1) is 33.5 Å². The Morgan fingerprint density at radius 2 is 1.89 bits per heavy atom. The highest BCUT2D eigenvalue weighted by molar-refractivity contribution is 7.22. The van der Waals surface area contributed by atoms with E-state index in [1.807, 2.05) is 39.0 Å². The zero-order chi connectivity index (χ0) is 25.2. The van der Waals surface area contributed by atoms with E-state index < -0.39 is 0 Å². The molecule has 180 valence electrons. The lowest BCUT2D eigenvalue weighted by atomic mass is 10.2. The molecule has 0 radical (unpaired) electrons. The number of aryl methyl sites for hydroxylation is 1. The summed E-state index contributed by atoms with van der Waals surface area (Å²) in [6, 6.07) is 19.7. The molecule has 0 fully saturated rings. The lowest BCUT2D eigenvalue weighted by molar-refractivity contribution is 0.0988. The van der Waals surface area contributed by atoms with Crippen LogP contribution in [0.4, 0.5) is 5.13 Å². The van der Waals surface area contributed by atoms with Gasteiger partial charge in [-0.25, -0.2) is 4.98 Å². The first-order valence-electron chi connectivity index (χ1n) is 11.4. The summed E-state index contributed by atoms with van der Waals surface area (Å²) in [7, 11) is 0. The molecule has 0 saturated heterocycles. The molecule has 0 aliphatic heterocycles. The highest BCUT2D eigenvalue weighted by Gasteiger charge is 2.21. The van der Waals surface area contributed by atoms with E-state index in [1.165, 1.54) is 28.8 Å². The van der Waals surface area contributed by atoms with Crippen LogP contribution in [0.3, 0.4) is 0 Å². The number of hydrogen-bond donors (Lipinski definition) is 0. The van der Waals surface area contributed by atoms with Crippen LogP contribution in [0.25, 0.3) is 21.2 Å². The predicted octanol–water partition coefficient (Wildman–Crippen LogP) is 6.18. The summed E-state index contributed by atoms with van der Waals surface area (Å²) < 4.78 is 12.2. The van der Waals surface area contributed by atoms with Crippen molar-refractivity contribution in [2.45, 2.75) is 26.9 Å². The van der Waals surface area contributed by atoms with Gasteiger partial charge in [-0.1, -0.05) is 29.5 Å². The second-order valence-electron chi connectivity index (χ2n) is 8.54. The van der Waals surface area contributed by atoms with Crippen molar-refractivity contribution in [2.24, 2.45) is 5.10 Å². The maximum Gasteiger partial charge on any atom is 0.280 e. The van der Waals surface area contributed by atoms with E-state index in [-0.39, 0.29) is 23.0 Å². The third-order valence-electron chi connectivity index (χ3n) is 5.40. The Kier molecular flexibility index (Phi) is 6.35. The molecule has 5 aromatic rings. The largest absolute Gasteiger partial charge is 0.491 e. The molecule has 1 amide bonds. The quantitative estimate of drug-likeness (QED) is 0.207. The highest BCUT2D eigenvalue weighted by Crippen LogP contribution is 2.31. The molecule has 8 heteroatoms. The lowest BCUT2D eigenvalue weighted by Crippen LogP contribution is -2.26. The molecule has 0 N–H and O–H groups in total. The Morgan fingerprint density at radius 1 is 1.11 bits per heavy atom. The molecular formula is C28H23N3O4S. The number of anilines is 1. The minimum Gasteiger partial charge on any atom is -0.491 e. The third-order valence-corrected chi connectivity index (χ3v) is 6.39. The van der Waals surface area contributed by atoms with Gasteiger partial charge in [0.25, 0.3) is 5.91 Å². The van der Waals surface area contributed by atoms with E-state index in [0.29, 0.717) is 27.4 Å². The lowest BCUT2D eigenvalue weighted by Gasteiger charge is -2.15. The van der Waals surface area contributed by atoms with E-state index in [2.05, 4.69) is 10.1 Å². The number of carbonyl (C=O) groups is 1. The maximum absolute atomic E-state index is 13.6. The van der Waals surface area contributed by atoms with E-state index in [1.54, 1.807) is 48.5 Å². The summed E-state index contributed by atoms with van der Waals surface area (Å²) in [5, 5.41) is 6.46. The molecule has 0 saturated carbocycles. The van der Waals surface area contributed by atoms with Gasteiger partial charge in [0.2, 0.25) is 10.6 Å². The average Bonchev–Trinajstić information content (AvgIpc) is 3.28. The van der Waals surface area contributed by atoms with Crippen LogP contribution >= 0.6 is 11.3 Å².